The maximum absolute atomic E-state index is 13.2. The van der Waals surface area contributed by atoms with Crippen LogP contribution in [0.25, 0.3) is 0 Å². The summed E-state index contributed by atoms with van der Waals surface area (Å²) in [6.07, 6.45) is 2.65. The quantitative estimate of drug-likeness (QED) is 0.389. The molecule has 1 amide bonds. The molecule has 32 heavy (non-hydrogen) atoms. The van der Waals surface area contributed by atoms with Crippen molar-refractivity contribution in [1.29, 1.82) is 0 Å². The van der Waals surface area contributed by atoms with E-state index in [1.807, 2.05) is 56.4 Å². The van der Waals surface area contributed by atoms with Gasteiger partial charge in [0, 0.05) is 25.7 Å². The number of methoxy groups -OCH3 is 1. The second-order valence-electron chi connectivity index (χ2n) is 8.01. The summed E-state index contributed by atoms with van der Waals surface area (Å²) >= 11 is 12.7. The van der Waals surface area contributed by atoms with Gasteiger partial charge in [0.1, 0.15) is 12.1 Å². The Balaban J connectivity index is 1.95. The van der Waals surface area contributed by atoms with Crippen molar-refractivity contribution >= 4 is 40.5 Å². The molecule has 2 unspecified atom stereocenters. The van der Waals surface area contributed by atoms with Gasteiger partial charge in [-0.1, -0.05) is 61.2 Å². The van der Waals surface area contributed by atoms with Gasteiger partial charge in [0.2, 0.25) is 0 Å². The van der Waals surface area contributed by atoms with Gasteiger partial charge in [-0.3, -0.25) is 15.2 Å². The number of unbranched alkanes of at least 4 members (excludes halogenated alkanes) is 2. The van der Waals surface area contributed by atoms with Gasteiger partial charge >= 0.3 is 0 Å². The number of carbonyl (C=O) groups excluding carboxylic acids is 1. The van der Waals surface area contributed by atoms with Crippen LogP contribution in [0, 0.1) is 6.92 Å². The van der Waals surface area contributed by atoms with Gasteiger partial charge < -0.3 is 4.74 Å². The summed E-state index contributed by atoms with van der Waals surface area (Å²) in [4.78, 5) is 13.2. The van der Waals surface area contributed by atoms with Crippen molar-refractivity contribution in [1.82, 2.24) is 10.4 Å². The molecule has 6 nitrogen and oxygen atoms in total. The minimum absolute atomic E-state index is 0.291. The number of hydrazine groups is 1. The van der Waals surface area contributed by atoms with Crippen molar-refractivity contribution in [2.75, 3.05) is 25.7 Å². The fourth-order valence-electron chi connectivity index (χ4n) is 3.79. The highest BCUT2D eigenvalue weighted by Crippen LogP contribution is 2.40. The highest BCUT2D eigenvalue weighted by atomic mass is 35.5. The first-order chi connectivity index (χ1) is 15.3. The molecule has 2 aromatic carbocycles. The molecule has 2 atom stereocenters. The Bertz CT molecular complexity index is 965. The number of hydrazone groups is 1. The molecule has 1 heterocycles. The van der Waals surface area contributed by atoms with Crippen LogP contribution < -0.4 is 10.4 Å². The van der Waals surface area contributed by atoms with Crippen LogP contribution >= 0.6 is 23.2 Å². The number of carbonyl (C=O) groups is 1. The second kappa shape index (κ2) is 11.1. The normalized spacial score (nSPS) is 18.2. The van der Waals surface area contributed by atoms with Gasteiger partial charge in [0.25, 0.3) is 5.91 Å². The number of nitrogens with one attached hydrogen (secondary N) is 1. The molecule has 2 aromatic rings. The first-order valence-corrected chi connectivity index (χ1v) is 11.6. The molecule has 1 aliphatic rings. The van der Waals surface area contributed by atoms with E-state index < -0.39 is 6.10 Å². The van der Waals surface area contributed by atoms with Crippen molar-refractivity contribution in [3.63, 3.8) is 0 Å². The highest BCUT2D eigenvalue weighted by Gasteiger charge is 2.43. The Morgan fingerprint density at radius 2 is 1.91 bits per heavy atom. The number of rotatable bonds is 9. The van der Waals surface area contributed by atoms with Gasteiger partial charge in [-0.2, -0.15) is 5.10 Å². The van der Waals surface area contributed by atoms with Crippen LogP contribution in [0.15, 0.2) is 47.6 Å². The number of halogens is 2. The monoisotopic (exact) mass is 476 g/mol. The number of amides is 1. The number of hydrogen-bond donors (Lipinski definition) is 1. The Morgan fingerprint density at radius 3 is 2.53 bits per heavy atom. The molecule has 3 rings (SSSR count). The number of hydrogen-bond acceptors (Lipinski definition) is 5. The average molecular weight is 477 g/mol. The van der Waals surface area contributed by atoms with Crippen LogP contribution in [0.2, 0.25) is 10.0 Å². The lowest BCUT2D eigenvalue weighted by atomic mass is 9.98. The van der Waals surface area contributed by atoms with E-state index in [4.69, 9.17) is 33.0 Å². The number of ether oxygens (including phenoxy) is 1. The highest BCUT2D eigenvalue weighted by molar-refractivity contribution is 6.41. The standard InChI is InChI=1S/C24H30Cl2N4O2/c1-5-6-7-14-29(3)28-24(31)21-23(32-4)22(17-9-11-18(25)12-10-17)30(27-21)20-13-8-16(2)15-19(20)26/h8-13,15,22-23H,5-7,14H2,1-4H3,(H,28,31). The number of nitrogens with zero attached hydrogens (tertiary/aromatic N) is 3. The minimum atomic E-state index is -0.586. The van der Waals surface area contributed by atoms with Gasteiger partial charge in [0.15, 0.2) is 5.71 Å². The minimum Gasteiger partial charge on any atom is -0.372 e. The Hall–Kier alpha value is -2.12. The SMILES string of the molecule is CCCCCN(C)NC(=O)C1=NN(c2ccc(C)cc2Cl)C(c2ccc(Cl)cc2)C1OC. The first kappa shape index (κ1) is 24.5. The fourth-order valence-corrected chi connectivity index (χ4v) is 4.24. The third-order valence-electron chi connectivity index (χ3n) is 5.47. The number of anilines is 1. The largest absolute Gasteiger partial charge is 0.372 e. The molecule has 8 heteroatoms. The van der Waals surface area contributed by atoms with Crippen LogP contribution in [-0.2, 0) is 9.53 Å². The Morgan fingerprint density at radius 1 is 1.19 bits per heavy atom. The molecule has 0 bridgehead atoms. The average Bonchev–Trinajstić information content (AvgIpc) is 3.14. The Labute approximate surface area is 200 Å². The predicted octanol–water partition coefficient (Wildman–Crippen LogP) is 5.39. The topological polar surface area (TPSA) is 57.2 Å². The zero-order chi connectivity index (χ0) is 23.3. The smallest absolute Gasteiger partial charge is 0.284 e. The second-order valence-corrected chi connectivity index (χ2v) is 8.85. The summed E-state index contributed by atoms with van der Waals surface area (Å²) in [6, 6.07) is 12.9. The summed E-state index contributed by atoms with van der Waals surface area (Å²) in [5, 5.41) is 9.46. The molecule has 0 radical (unpaired) electrons. The third-order valence-corrected chi connectivity index (χ3v) is 6.03. The summed E-state index contributed by atoms with van der Waals surface area (Å²) in [7, 11) is 3.44. The van der Waals surface area contributed by atoms with E-state index in [1.165, 1.54) is 0 Å². The van der Waals surface area contributed by atoms with E-state index in [0.29, 0.717) is 21.4 Å². The number of aryl methyl sites for hydroxylation is 1. The van der Waals surface area contributed by atoms with E-state index in [2.05, 4.69) is 12.3 Å². The van der Waals surface area contributed by atoms with Gasteiger partial charge in [-0.05, 0) is 48.7 Å². The molecular weight excluding hydrogens is 447 g/mol. The molecule has 0 spiro atoms. The van der Waals surface area contributed by atoms with Crippen LogP contribution in [0.4, 0.5) is 5.69 Å². The zero-order valence-corrected chi connectivity index (χ0v) is 20.5. The summed E-state index contributed by atoms with van der Waals surface area (Å²) in [6.45, 7) is 4.89. The van der Waals surface area contributed by atoms with Crippen LogP contribution in [0.5, 0.6) is 0 Å². The van der Waals surface area contributed by atoms with Gasteiger partial charge in [-0.25, -0.2) is 5.01 Å². The maximum atomic E-state index is 13.2. The lowest BCUT2D eigenvalue weighted by Crippen LogP contribution is -2.46. The summed E-state index contributed by atoms with van der Waals surface area (Å²) in [5.41, 5.74) is 5.89. The molecule has 0 aliphatic carbocycles. The molecule has 172 valence electrons. The van der Waals surface area contributed by atoms with E-state index in [0.717, 1.165) is 36.9 Å². The molecule has 0 aromatic heterocycles. The van der Waals surface area contributed by atoms with Crippen molar-refractivity contribution in [2.24, 2.45) is 5.10 Å². The summed E-state index contributed by atoms with van der Waals surface area (Å²) < 4.78 is 5.81. The van der Waals surface area contributed by atoms with E-state index in [1.54, 1.807) is 17.1 Å². The lowest BCUT2D eigenvalue weighted by molar-refractivity contribution is -0.119. The lowest BCUT2D eigenvalue weighted by Gasteiger charge is -2.28. The van der Waals surface area contributed by atoms with E-state index >= 15 is 0 Å². The zero-order valence-electron chi connectivity index (χ0n) is 18.9. The van der Waals surface area contributed by atoms with Crippen LogP contribution in [0.3, 0.4) is 0 Å². The third kappa shape index (κ3) is 5.62. The van der Waals surface area contributed by atoms with Crippen molar-refractivity contribution in [3.05, 3.63) is 63.6 Å². The molecule has 0 saturated heterocycles. The van der Waals surface area contributed by atoms with Crippen LogP contribution in [0.1, 0.15) is 43.4 Å². The predicted molar refractivity (Wildman–Crippen MR) is 131 cm³/mol. The number of benzene rings is 2. The van der Waals surface area contributed by atoms with Crippen molar-refractivity contribution in [2.45, 2.75) is 45.3 Å². The summed E-state index contributed by atoms with van der Waals surface area (Å²) in [5.74, 6) is -0.291. The Kier molecular flexibility index (Phi) is 8.54. The molecule has 1 aliphatic heterocycles. The van der Waals surface area contributed by atoms with Crippen LogP contribution in [-0.4, -0.2) is 43.4 Å². The fraction of sp³-hybridized carbons (Fsp3) is 0.417. The van der Waals surface area contributed by atoms with Crippen molar-refractivity contribution < 1.29 is 9.53 Å². The molecule has 1 N–H and O–H groups in total. The maximum Gasteiger partial charge on any atom is 0.284 e. The van der Waals surface area contributed by atoms with Gasteiger partial charge in [0.05, 0.1) is 10.7 Å². The van der Waals surface area contributed by atoms with Crippen molar-refractivity contribution in [3.8, 4) is 0 Å². The first-order valence-electron chi connectivity index (χ1n) is 10.8. The van der Waals surface area contributed by atoms with E-state index in [9.17, 15) is 4.79 Å². The molecule has 0 saturated carbocycles. The molecular formula is C24H30Cl2N4O2. The van der Waals surface area contributed by atoms with E-state index in [-0.39, 0.29) is 11.9 Å². The molecule has 0 fully saturated rings. The van der Waals surface area contributed by atoms with Gasteiger partial charge in [-0.15, -0.1) is 0 Å².